The Hall–Kier alpha value is -1.92. The molecule has 0 amide bonds. The fraction of sp³-hybridized carbons (Fsp3) is 0.429. The van der Waals surface area contributed by atoms with Gasteiger partial charge >= 0.3 is 0 Å². The molecule has 0 saturated heterocycles. The molecule has 6 heteroatoms. The zero-order valence-corrected chi connectivity index (χ0v) is 11.8. The summed E-state index contributed by atoms with van der Waals surface area (Å²) in [5.74, 6) is 6.86. The van der Waals surface area contributed by atoms with Crippen molar-refractivity contribution in [2.24, 2.45) is 11.8 Å². The predicted octanol–water partition coefficient (Wildman–Crippen LogP) is 1.73. The van der Waals surface area contributed by atoms with Crippen molar-refractivity contribution in [2.75, 3.05) is 17.3 Å². The third-order valence-electron chi connectivity index (χ3n) is 2.98. The lowest BCUT2D eigenvalue weighted by atomic mass is 10.1. The van der Waals surface area contributed by atoms with E-state index < -0.39 is 6.10 Å². The topological polar surface area (TPSA) is 96.1 Å². The summed E-state index contributed by atoms with van der Waals surface area (Å²) in [4.78, 5) is 8.58. The molecule has 0 bridgehead atoms. The number of nitrogens with one attached hydrogen (secondary N) is 2. The fourth-order valence-electron chi connectivity index (χ4n) is 2.12. The van der Waals surface area contributed by atoms with Crippen LogP contribution in [0.5, 0.6) is 0 Å². The number of hydrogen-bond donors (Lipinski definition) is 4. The molecule has 1 aromatic carbocycles. The second kappa shape index (κ2) is 6.49. The number of hydrazine groups is 1. The lowest BCUT2D eigenvalue weighted by Gasteiger charge is -2.15. The summed E-state index contributed by atoms with van der Waals surface area (Å²) in [7, 11) is 0. The van der Waals surface area contributed by atoms with Crippen molar-refractivity contribution in [1.82, 2.24) is 9.97 Å². The average Bonchev–Trinajstić information content (AvgIpc) is 2.43. The first-order chi connectivity index (χ1) is 9.60. The number of nitrogens with two attached hydrogens (primary N) is 1. The van der Waals surface area contributed by atoms with Crippen LogP contribution in [0, 0.1) is 5.92 Å². The van der Waals surface area contributed by atoms with Crippen LogP contribution >= 0.6 is 0 Å². The number of anilines is 2. The normalized spacial score (nSPS) is 12.7. The first-order valence-corrected chi connectivity index (χ1v) is 6.75. The van der Waals surface area contributed by atoms with Crippen molar-refractivity contribution in [1.29, 1.82) is 0 Å². The molecule has 1 heterocycles. The van der Waals surface area contributed by atoms with Crippen LogP contribution < -0.4 is 16.6 Å². The zero-order chi connectivity index (χ0) is 14.5. The Labute approximate surface area is 118 Å². The molecule has 108 valence electrons. The molecule has 2 rings (SSSR count). The fourth-order valence-corrected chi connectivity index (χ4v) is 2.12. The van der Waals surface area contributed by atoms with Crippen LogP contribution in [0.1, 0.15) is 20.3 Å². The number of fused-ring (bicyclic) bond motifs is 1. The van der Waals surface area contributed by atoms with Gasteiger partial charge in [0.1, 0.15) is 5.82 Å². The summed E-state index contributed by atoms with van der Waals surface area (Å²) in [5.41, 5.74) is 3.26. The van der Waals surface area contributed by atoms with Gasteiger partial charge in [0.2, 0.25) is 5.95 Å². The van der Waals surface area contributed by atoms with Crippen LogP contribution in [0.15, 0.2) is 24.3 Å². The Morgan fingerprint density at radius 1 is 1.25 bits per heavy atom. The molecule has 1 atom stereocenters. The number of benzene rings is 1. The van der Waals surface area contributed by atoms with E-state index >= 15 is 0 Å². The molecule has 0 aliphatic rings. The van der Waals surface area contributed by atoms with Crippen LogP contribution in [0.4, 0.5) is 11.8 Å². The monoisotopic (exact) mass is 275 g/mol. The summed E-state index contributed by atoms with van der Waals surface area (Å²) in [6, 6.07) is 7.67. The molecule has 0 aliphatic carbocycles. The minimum absolute atomic E-state index is 0.351. The lowest BCUT2D eigenvalue weighted by Crippen LogP contribution is -2.22. The van der Waals surface area contributed by atoms with E-state index in [1.165, 1.54) is 0 Å². The Balaban J connectivity index is 2.20. The van der Waals surface area contributed by atoms with E-state index in [4.69, 9.17) is 5.84 Å². The van der Waals surface area contributed by atoms with Gasteiger partial charge in [-0.05, 0) is 24.5 Å². The minimum atomic E-state index is -0.405. The van der Waals surface area contributed by atoms with Gasteiger partial charge in [-0.15, -0.1) is 0 Å². The van der Waals surface area contributed by atoms with Gasteiger partial charge in [0, 0.05) is 11.9 Å². The number of aliphatic hydroxyl groups excluding tert-OH is 1. The number of para-hydroxylation sites is 1. The number of rotatable bonds is 6. The van der Waals surface area contributed by atoms with Crippen LogP contribution in [0.3, 0.4) is 0 Å². The van der Waals surface area contributed by atoms with E-state index in [1.54, 1.807) is 0 Å². The van der Waals surface area contributed by atoms with E-state index in [0.717, 1.165) is 17.3 Å². The van der Waals surface area contributed by atoms with Crippen LogP contribution in [0.2, 0.25) is 0 Å². The number of nitrogen functional groups attached to an aromatic ring is 1. The molecule has 0 fully saturated rings. The molecule has 20 heavy (non-hydrogen) atoms. The molecule has 1 aromatic heterocycles. The molecule has 5 N–H and O–H groups in total. The number of hydrogen-bond acceptors (Lipinski definition) is 6. The van der Waals surface area contributed by atoms with Crippen molar-refractivity contribution < 1.29 is 5.11 Å². The first-order valence-electron chi connectivity index (χ1n) is 6.75. The molecule has 0 radical (unpaired) electrons. The van der Waals surface area contributed by atoms with E-state index in [0.29, 0.717) is 24.2 Å². The summed E-state index contributed by atoms with van der Waals surface area (Å²) in [6.45, 7) is 4.61. The third kappa shape index (κ3) is 3.55. The van der Waals surface area contributed by atoms with Crippen molar-refractivity contribution >= 4 is 22.7 Å². The van der Waals surface area contributed by atoms with Crippen LogP contribution in [-0.4, -0.2) is 27.7 Å². The molecule has 0 aliphatic heterocycles. The van der Waals surface area contributed by atoms with Gasteiger partial charge in [0.05, 0.1) is 11.6 Å². The molecule has 6 nitrogen and oxygen atoms in total. The third-order valence-corrected chi connectivity index (χ3v) is 2.98. The molecule has 2 aromatic rings. The average molecular weight is 275 g/mol. The highest BCUT2D eigenvalue weighted by molar-refractivity contribution is 5.89. The second-order valence-corrected chi connectivity index (χ2v) is 5.22. The standard InChI is InChI=1S/C14H21N5O/c1-9(2)7-10(20)8-16-13-11-5-3-4-6-12(11)17-14(18-13)19-15/h3-6,9-10,20H,7-8,15H2,1-2H3,(H2,16,17,18,19). The Morgan fingerprint density at radius 2 is 2.00 bits per heavy atom. The van der Waals surface area contributed by atoms with E-state index in [1.807, 2.05) is 24.3 Å². The van der Waals surface area contributed by atoms with Crippen molar-refractivity contribution in [2.45, 2.75) is 26.4 Å². The maximum Gasteiger partial charge on any atom is 0.239 e. The van der Waals surface area contributed by atoms with Gasteiger partial charge < -0.3 is 10.4 Å². The Bertz CT molecular complexity index is 572. The van der Waals surface area contributed by atoms with Gasteiger partial charge in [0.25, 0.3) is 0 Å². The quantitative estimate of drug-likeness (QED) is 0.473. The number of aliphatic hydroxyl groups is 1. The van der Waals surface area contributed by atoms with Crippen molar-refractivity contribution in [3.8, 4) is 0 Å². The summed E-state index contributed by atoms with van der Waals surface area (Å²) in [5, 5.41) is 14.0. The molecule has 1 unspecified atom stereocenters. The highest BCUT2D eigenvalue weighted by atomic mass is 16.3. The largest absolute Gasteiger partial charge is 0.391 e. The van der Waals surface area contributed by atoms with Gasteiger partial charge in [-0.1, -0.05) is 26.0 Å². The molecular weight excluding hydrogens is 254 g/mol. The summed E-state index contributed by atoms with van der Waals surface area (Å²) < 4.78 is 0. The van der Waals surface area contributed by atoms with Gasteiger partial charge in [-0.25, -0.2) is 10.8 Å². The summed E-state index contributed by atoms with van der Waals surface area (Å²) in [6.07, 6.45) is 0.343. The smallest absolute Gasteiger partial charge is 0.239 e. The minimum Gasteiger partial charge on any atom is -0.391 e. The maximum atomic E-state index is 9.93. The predicted molar refractivity (Wildman–Crippen MR) is 81.3 cm³/mol. The Morgan fingerprint density at radius 3 is 2.70 bits per heavy atom. The van der Waals surface area contributed by atoms with Crippen molar-refractivity contribution in [3.05, 3.63) is 24.3 Å². The van der Waals surface area contributed by atoms with Crippen LogP contribution in [-0.2, 0) is 0 Å². The highest BCUT2D eigenvalue weighted by Gasteiger charge is 2.10. The van der Waals surface area contributed by atoms with Crippen molar-refractivity contribution in [3.63, 3.8) is 0 Å². The second-order valence-electron chi connectivity index (χ2n) is 5.22. The highest BCUT2D eigenvalue weighted by Crippen LogP contribution is 2.21. The van der Waals surface area contributed by atoms with E-state index in [-0.39, 0.29) is 0 Å². The molecule has 0 spiro atoms. The molecule has 0 saturated carbocycles. The van der Waals surface area contributed by atoms with Gasteiger partial charge in [-0.2, -0.15) is 4.98 Å². The zero-order valence-electron chi connectivity index (χ0n) is 11.8. The van der Waals surface area contributed by atoms with Crippen LogP contribution in [0.25, 0.3) is 10.9 Å². The van der Waals surface area contributed by atoms with E-state index in [9.17, 15) is 5.11 Å². The first kappa shape index (κ1) is 14.5. The lowest BCUT2D eigenvalue weighted by molar-refractivity contribution is 0.161. The van der Waals surface area contributed by atoms with Gasteiger partial charge in [0.15, 0.2) is 0 Å². The number of aromatic nitrogens is 2. The Kier molecular flexibility index (Phi) is 4.70. The SMILES string of the molecule is CC(C)CC(O)CNc1nc(NN)nc2ccccc12. The van der Waals surface area contributed by atoms with E-state index in [2.05, 4.69) is 34.6 Å². The summed E-state index contributed by atoms with van der Waals surface area (Å²) >= 11 is 0. The number of nitrogens with zero attached hydrogens (tertiary/aromatic N) is 2. The maximum absolute atomic E-state index is 9.93. The van der Waals surface area contributed by atoms with Gasteiger partial charge in [-0.3, -0.25) is 5.43 Å². The molecular formula is C14H21N5O.